The van der Waals surface area contributed by atoms with Gasteiger partial charge < -0.3 is 14.1 Å². The number of ether oxygens (including phenoxy) is 1. The Kier molecular flexibility index (Phi) is 5.29. The number of likely N-dealkylation sites (tertiary alicyclic amines) is 1. The molecule has 0 saturated carbocycles. The van der Waals surface area contributed by atoms with Gasteiger partial charge in [-0.1, -0.05) is 0 Å². The topological polar surface area (TPSA) is 91.2 Å². The maximum absolute atomic E-state index is 14.3. The summed E-state index contributed by atoms with van der Waals surface area (Å²) in [5.74, 6) is 1.60. The predicted octanol–water partition coefficient (Wildman–Crippen LogP) is 4.62. The molecule has 1 atom stereocenters. The van der Waals surface area contributed by atoms with E-state index in [1.165, 1.54) is 0 Å². The van der Waals surface area contributed by atoms with Gasteiger partial charge in [-0.15, -0.1) is 0 Å². The zero-order valence-corrected chi connectivity index (χ0v) is 21.5. The van der Waals surface area contributed by atoms with E-state index >= 15 is 0 Å². The summed E-state index contributed by atoms with van der Waals surface area (Å²) in [5, 5.41) is 9.79. The number of hydrogen-bond donors (Lipinski definition) is 0. The molecule has 4 aromatic rings. The number of aromatic nitrogens is 5. The van der Waals surface area contributed by atoms with Crippen molar-refractivity contribution in [1.29, 1.82) is 0 Å². The molecular weight excluding hydrogens is 456 g/mol. The van der Waals surface area contributed by atoms with E-state index in [-0.39, 0.29) is 23.4 Å². The van der Waals surface area contributed by atoms with Crippen LogP contribution >= 0.6 is 0 Å². The number of carbonyl (C=O) groups is 1. The molecule has 4 aromatic heterocycles. The van der Waals surface area contributed by atoms with Gasteiger partial charge in [0.2, 0.25) is 0 Å². The third-order valence-corrected chi connectivity index (χ3v) is 7.77. The van der Waals surface area contributed by atoms with E-state index in [0.717, 1.165) is 59.8 Å². The van der Waals surface area contributed by atoms with E-state index in [1.807, 2.05) is 59.7 Å². The normalized spacial score (nSPS) is 19.4. The van der Waals surface area contributed by atoms with Crippen LogP contribution in [0.1, 0.15) is 66.2 Å². The molecule has 1 unspecified atom stereocenters. The number of furan rings is 1. The van der Waals surface area contributed by atoms with Gasteiger partial charge in [0.15, 0.2) is 5.65 Å². The Morgan fingerprint density at radius 3 is 2.56 bits per heavy atom. The second-order valence-electron chi connectivity index (χ2n) is 10.6. The molecule has 36 heavy (non-hydrogen) atoms. The van der Waals surface area contributed by atoms with Crippen LogP contribution in [-0.4, -0.2) is 55.1 Å². The standard InChI is InChI=1S/C27H32N6O3/c1-16(2)33-25-22(13-29-33)21(11-23(30-25)20-10-17(3)36-18(20)4)26(34)32-15-27(6-8-35-9-7-27)24(32)19-12-28-31(5)14-19/h10-14,16,24H,6-9,15H2,1-5H3. The third kappa shape index (κ3) is 3.48. The molecule has 1 amide bonds. The van der Waals surface area contributed by atoms with Crippen molar-refractivity contribution in [3.63, 3.8) is 0 Å². The molecule has 2 aliphatic heterocycles. The van der Waals surface area contributed by atoms with Gasteiger partial charge in [0.05, 0.1) is 35.1 Å². The van der Waals surface area contributed by atoms with Crippen LogP contribution in [0, 0.1) is 19.3 Å². The van der Waals surface area contributed by atoms with Crippen molar-refractivity contribution in [3.8, 4) is 11.3 Å². The Bertz CT molecular complexity index is 1460. The van der Waals surface area contributed by atoms with Crippen LogP contribution in [-0.2, 0) is 11.8 Å². The Morgan fingerprint density at radius 1 is 1.14 bits per heavy atom. The fourth-order valence-electron chi connectivity index (χ4n) is 6.00. The van der Waals surface area contributed by atoms with Gasteiger partial charge in [-0.2, -0.15) is 10.2 Å². The molecule has 6 heterocycles. The average Bonchev–Trinajstić information content (AvgIpc) is 3.55. The van der Waals surface area contributed by atoms with Crippen molar-refractivity contribution >= 4 is 16.9 Å². The van der Waals surface area contributed by atoms with Crippen molar-refractivity contribution < 1.29 is 13.9 Å². The van der Waals surface area contributed by atoms with Gasteiger partial charge >= 0.3 is 0 Å². The summed E-state index contributed by atoms with van der Waals surface area (Å²) in [7, 11) is 1.92. The Balaban J connectivity index is 1.47. The largest absolute Gasteiger partial charge is 0.466 e. The predicted molar refractivity (Wildman–Crippen MR) is 135 cm³/mol. The lowest BCUT2D eigenvalue weighted by atomic mass is 9.64. The first-order chi connectivity index (χ1) is 17.3. The second-order valence-corrected chi connectivity index (χ2v) is 10.6. The lowest BCUT2D eigenvalue weighted by Crippen LogP contribution is -2.62. The lowest BCUT2D eigenvalue weighted by Gasteiger charge is -2.59. The Labute approximate surface area is 210 Å². The average molecular weight is 489 g/mol. The number of carbonyl (C=O) groups excluding carboxylic acids is 1. The first kappa shape index (κ1) is 23.0. The molecule has 9 heteroatoms. The number of aryl methyl sites for hydroxylation is 3. The van der Waals surface area contributed by atoms with E-state index in [4.69, 9.17) is 14.1 Å². The molecule has 2 saturated heterocycles. The van der Waals surface area contributed by atoms with E-state index < -0.39 is 0 Å². The number of rotatable bonds is 4. The van der Waals surface area contributed by atoms with Crippen molar-refractivity contribution in [2.45, 2.75) is 52.6 Å². The van der Waals surface area contributed by atoms with Crippen molar-refractivity contribution in [2.24, 2.45) is 12.5 Å². The fraction of sp³-hybridized carbons (Fsp3) is 0.481. The summed E-state index contributed by atoms with van der Waals surface area (Å²) >= 11 is 0. The fourth-order valence-corrected chi connectivity index (χ4v) is 6.00. The number of hydrogen-bond acceptors (Lipinski definition) is 6. The monoisotopic (exact) mass is 488 g/mol. The van der Waals surface area contributed by atoms with Crippen LogP contribution in [0.3, 0.4) is 0 Å². The molecule has 1 spiro atoms. The van der Waals surface area contributed by atoms with Crippen LogP contribution < -0.4 is 0 Å². The number of amides is 1. The highest BCUT2D eigenvalue weighted by atomic mass is 16.5. The summed E-state index contributed by atoms with van der Waals surface area (Å²) in [5.41, 5.74) is 4.05. The summed E-state index contributed by atoms with van der Waals surface area (Å²) in [6, 6.07) is 3.96. The minimum atomic E-state index is -0.0349. The summed E-state index contributed by atoms with van der Waals surface area (Å²) < 4.78 is 15.2. The van der Waals surface area contributed by atoms with Gasteiger partial charge in [0, 0.05) is 55.6 Å². The first-order valence-electron chi connectivity index (χ1n) is 12.6. The smallest absolute Gasteiger partial charge is 0.255 e. The Hall–Kier alpha value is -3.46. The van der Waals surface area contributed by atoms with Crippen molar-refractivity contribution in [1.82, 2.24) is 29.4 Å². The van der Waals surface area contributed by atoms with Crippen LogP contribution in [0.4, 0.5) is 0 Å². The van der Waals surface area contributed by atoms with Gasteiger partial charge in [-0.25, -0.2) is 9.67 Å². The molecule has 188 valence electrons. The molecular formula is C27H32N6O3. The quantitative estimate of drug-likeness (QED) is 0.416. The molecule has 6 rings (SSSR count). The van der Waals surface area contributed by atoms with Crippen LogP contribution in [0.25, 0.3) is 22.3 Å². The molecule has 2 aliphatic rings. The zero-order chi connectivity index (χ0) is 25.2. The maximum atomic E-state index is 14.3. The van der Waals surface area contributed by atoms with Crippen molar-refractivity contribution in [3.05, 3.63) is 53.4 Å². The van der Waals surface area contributed by atoms with Crippen LogP contribution in [0.5, 0.6) is 0 Å². The highest BCUT2D eigenvalue weighted by Crippen LogP contribution is 2.55. The minimum Gasteiger partial charge on any atom is -0.466 e. The summed E-state index contributed by atoms with van der Waals surface area (Å²) in [6.07, 6.45) is 7.57. The molecule has 2 fully saturated rings. The maximum Gasteiger partial charge on any atom is 0.255 e. The third-order valence-electron chi connectivity index (χ3n) is 7.77. The van der Waals surface area contributed by atoms with E-state index in [0.29, 0.717) is 17.8 Å². The molecule has 0 aliphatic carbocycles. The highest BCUT2D eigenvalue weighted by Gasteiger charge is 2.56. The lowest BCUT2D eigenvalue weighted by molar-refractivity contribution is -0.115. The summed E-state index contributed by atoms with van der Waals surface area (Å²) in [4.78, 5) is 21.2. The summed E-state index contributed by atoms with van der Waals surface area (Å²) in [6.45, 7) is 10.1. The van der Waals surface area contributed by atoms with Gasteiger partial charge in [-0.3, -0.25) is 9.48 Å². The van der Waals surface area contributed by atoms with Crippen molar-refractivity contribution in [2.75, 3.05) is 19.8 Å². The Morgan fingerprint density at radius 2 is 1.92 bits per heavy atom. The number of fused-ring (bicyclic) bond motifs is 1. The van der Waals surface area contributed by atoms with E-state index in [9.17, 15) is 4.79 Å². The molecule has 0 bridgehead atoms. The highest BCUT2D eigenvalue weighted by molar-refractivity contribution is 6.07. The SMILES string of the molecule is Cc1cc(-c2cc(C(=O)N3CC4(CCOCC4)C3c3cnn(C)c3)c3cnn(C(C)C)c3n2)c(C)o1. The zero-order valence-electron chi connectivity index (χ0n) is 21.5. The first-order valence-corrected chi connectivity index (χ1v) is 12.6. The number of nitrogens with zero attached hydrogens (tertiary/aromatic N) is 6. The van der Waals surface area contributed by atoms with Crippen LogP contribution in [0.15, 0.2) is 35.1 Å². The van der Waals surface area contributed by atoms with Gasteiger partial charge in [0.1, 0.15) is 11.5 Å². The molecule has 9 nitrogen and oxygen atoms in total. The second kappa shape index (κ2) is 8.30. The minimum absolute atomic E-state index is 0.00389. The molecule has 0 N–H and O–H groups in total. The molecule has 0 aromatic carbocycles. The van der Waals surface area contributed by atoms with E-state index in [2.05, 4.69) is 24.0 Å². The van der Waals surface area contributed by atoms with Crippen LogP contribution in [0.2, 0.25) is 0 Å². The van der Waals surface area contributed by atoms with E-state index in [1.54, 1.807) is 6.20 Å². The number of pyridine rings is 1. The molecule has 0 radical (unpaired) electrons. The van der Waals surface area contributed by atoms with Gasteiger partial charge in [0.25, 0.3) is 5.91 Å². The van der Waals surface area contributed by atoms with Gasteiger partial charge in [-0.05, 0) is 52.7 Å².